The van der Waals surface area contributed by atoms with Crippen LogP contribution in [0.2, 0.25) is 0 Å². The van der Waals surface area contributed by atoms with Crippen LogP contribution in [0.15, 0.2) is 41.6 Å². The molecule has 2 aromatic rings. The van der Waals surface area contributed by atoms with E-state index in [-0.39, 0.29) is 5.11 Å². The van der Waals surface area contributed by atoms with Crippen LogP contribution in [-0.4, -0.2) is 26.3 Å². The van der Waals surface area contributed by atoms with Crippen molar-refractivity contribution in [3.8, 4) is 5.69 Å². The Morgan fingerprint density at radius 3 is 2.88 bits per heavy atom. The van der Waals surface area contributed by atoms with Crippen molar-refractivity contribution in [2.75, 3.05) is 0 Å². The van der Waals surface area contributed by atoms with Gasteiger partial charge < -0.3 is 5.73 Å². The Morgan fingerprint density at radius 2 is 2.18 bits per heavy atom. The lowest BCUT2D eigenvalue weighted by atomic mass is 10.3. The molecule has 1 aromatic heterocycles. The van der Waals surface area contributed by atoms with E-state index < -0.39 is 0 Å². The van der Waals surface area contributed by atoms with Crippen LogP contribution < -0.4 is 11.2 Å². The second kappa shape index (κ2) is 5.17. The van der Waals surface area contributed by atoms with Crippen molar-refractivity contribution < 1.29 is 0 Å². The van der Waals surface area contributed by atoms with E-state index in [1.54, 1.807) is 6.20 Å². The van der Waals surface area contributed by atoms with Crippen molar-refractivity contribution in [2.45, 2.75) is 0 Å². The third-order valence-electron chi connectivity index (χ3n) is 1.87. The van der Waals surface area contributed by atoms with E-state index in [0.29, 0.717) is 5.69 Å². The Balaban J connectivity index is 2.11. The van der Waals surface area contributed by atoms with Crippen molar-refractivity contribution >= 4 is 23.5 Å². The van der Waals surface area contributed by atoms with Gasteiger partial charge in [0.15, 0.2) is 5.11 Å². The standard InChI is InChI=1S/C10H10N6S/c11-10(17)14-12-6-8-7-13-16(15-8)9-4-2-1-3-5-9/h1-7H,(H3,11,14,17)/b12-6-. The first-order chi connectivity index (χ1) is 8.25. The molecule has 0 radical (unpaired) electrons. The number of hydrogen-bond donors (Lipinski definition) is 2. The van der Waals surface area contributed by atoms with Gasteiger partial charge >= 0.3 is 0 Å². The number of nitrogens with zero attached hydrogens (tertiary/aromatic N) is 4. The van der Waals surface area contributed by atoms with E-state index in [0.717, 1.165) is 5.69 Å². The number of nitrogens with two attached hydrogens (primary N) is 1. The molecule has 7 heteroatoms. The van der Waals surface area contributed by atoms with Crippen molar-refractivity contribution in [1.29, 1.82) is 0 Å². The van der Waals surface area contributed by atoms with E-state index in [1.165, 1.54) is 11.0 Å². The Kier molecular flexibility index (Phi) is 3.41. The van der Waals surface area contributed by atoms with Crippen LogP contribution in [0.25, 0.3) is 5.69 Å². The molecule has 0 fully saturated rings. The molecule has 17 heavy (non-hydrogen) atoms. The number of hydrogen-bond acceptors (Lipinski definition) is 4. The molecule has 6 nitrogen and oxygen atoms in total. The van der Waals surface area contributed by atoms with Crippen LogP contribution in [0, 0.1) is 0 Å². The van der Waals surface area contributed by atoms with Crippen molar-refractivity contribution in [2.24, 2.45) is 10.8 Å². The minimum Gasteiger partial charge on any atom is -0.375 e. The van der Waals surface area contributed by atoms with Gasteiger partial charge in [-0.3, -0.25) is 5.43 Å². The minimum absolute atomic E-state index is 0.108. The van der Waals surface area contributed by atoms with Gasteiger partial charge in [0.05, 0.1) is 18.1 Å². The van der Waals surface area contributed by atoms with Gasteiger partial charge in [0.25, 0.3) is 0 Å². The molecule has 3 N–H and O–H groups in total. The number of aromatic nitrogens is 3. The van der Waals surface area contributed by atoms with E-state index in [1.807, 2.05) is 30.3 Å². The second-order valence-electron chi connectivity index (χ2n) is 3.13. The zero-order valence-corrected chi connectivity index (χ0v) is 9.63. The highest BCUT2D eigenvalue weighted by atomic mass is 32.1. The summed E-state index contributed by atoms with van der Waals surface area (Å²) in [5, 5.41) is 12.2. The lowest BCUT2D eigenvalue weighted by Gasteiger charge is -1.96. The summed E-state index contributed by atoms with van der Waals surface area (Å²) in [7, 11) is 0. The molecule has 2 rings (SSSR count). The molecule has 0 aliphatic heterocycles. The summed E-state index contributed by atoms with van der Waals surface area (Å²) in [6, 6.07) is 9.59. The Hall–Kier alpha value is -2.28. The van der Waals surface area contributed by atoms with Crippen molar-refractivity contribution in [3.63, 3.8) is 0 Å². The third-order valence-corrected chi connectivity index (χ3v) is 1.96. The maximum absolute atomic E-state index is 5.22. The molecule has 86 valence electrons. The average molecular weight is 246 g/mol. The normalized spacial score (nSPS) is 10.6. The molecule has 0 atom stereocenters. The summed E-state index contributed by atoms with van der Waals surface area (Å²) in [5.74, 6) is 0. The molecule has 0 aliphatic carbocycles. The van der Waals surface area contributed by atoms with Crippen LogP contribution >= 0.6 is 12.2 Å². The van der Waals surface area contributed by atoms with E-state index in [2.05, 4.69) is 32.9 Å². The maximum Gasteiger partial charge on any atom is 0.184 e. The molecule has 1 aromatic carbocycles. The third kappa shape index (κ3) is 3.08. The highest BCUT2D eigenvalue weighted by Gasteiger charge is 1.99. The van der Waals surface area contributed by atoms with Gasteiger partial charge in [-0.2, -0.15) is 15.0 Å². The Bertz CT molecular complexity index is 533. The SMILES string of the molecule is NC(=S)N/N=C\c1cnn(-c2ccccc2)n1. The number of thiocarbonyl (C=S) groups is 1. The number of nitrogens with one attached hydrogen (secondary N) is 1. The fourth-order valence-corrected chi connectivity index (χ4v) is 1.23. The van der Waals surface area contributed by atoms with Gasteiger partial charge in [0, 0.05) is 0 Å². The highest BCUT2D eigenvalue weighted by Crippen LogP contribution is 2.02. The van der Waals surface area contributed by atoms with E-state index in [9.17, 15) is 0 Å². The van der Waals surface area contributed by atoms with Crippen LogP contribution in [0.4, 0.5) is 0 Å². The predicted octanol–water partition coefficient (Wildman–Crippen LogP) is 0.434. The largest absolute Gasteiger partial charge is 0.375 e. The molecule has 1 heterocycles. The summed E-state index contributed by atoms with van der Waals surface area (Å²) < 4.78 is 0. The summed E-state index contributed by atoms with van der Waals surface area (Å²) in [4.78, 5) is 1.52. The van der Waals surface area contributed by atoms with Gasteiger partial charge in [-0.15, -0.1) is 5.10 Å². The van der Waals surface area contributed by atoms with Gasteiger partial charge in [-0.1, -0.05) is 18.2 Å². The van der Waals surface area contributed by atoms with Crippen LogP contribution in [0.1, 0.15) is 5.69 Å². The molecule has 0 amide bonds. The number of hydrazone groups is 1. The van der Waals surface area contributed by atoms with Crippen LogP contribution in [0.5, 0.6) is 0 Å². The van der Waals surface area contributed by atoms with E-state index in [4.69, 9.17) is 5.73 Å². The summed E-state index contributed by atoms with van der Waals surface area (Å²) in [6.07, 6.45) is 3.09. The zero-order valence-electron chi connectivity index (χ0n) is 8.82. The molecule has 0 aliphatic rings. The first kappa shape index (κ1) is 11.2. The fourth-order valence-electron chi connectivity index (χ4n) is 1.18. The summed E-state index contributed by atoms with van der Waals surface area (Å²) in [6.45, 7) is 0. The molecular weight excluding hydrogens is 236 g/mol. The Labute approximate surface area is 103 Å². The molecule has 0 saturated heterocycles. The molecule has 0 spiro atoms. The van der Waals surface area contributed by atoms with Crippen molar-refractivity contribution in [3.05, 3.63) is 42.2 Å². The fraction of sp³-hybridized carbons (Fsp3) is 0. The summed E-state index contributed by atoms with van der Waals surface area (Å²) in [5.41, 5.74) is 9.16. The first-order valence-corrected chi connectivity index (χ1v) is 5.23. The molecule has 0 unspecified atom stereocenters. The topological polar surface area (TPSA) is 81.1 Å². The lowest BCUT2D eigenvalue weighted by molar-refractivity contribution is 0.750. The van der Waals surface area contributed by atoms with Crippen molar-refractivity contribution in [1.82, 2.24) is 20.4 Å². The monoisotopic (exact) mass is 246 g/mol. The highest BCUT2D eigenvalue weighted by molar-refractivity contribution is 7.80. The molecule has 0 bridgehead atoms. The number of benzene rings is 1. The van der Waals surface area contributed by atoms with Gasteiger partial charge in [-0.25, -0.2) is 0 Å². The zero-order chi connectivity index (χ0) is 12.1. The first-order valence-electron chi connectivity index (χ1n) is 4.82. The predicted molar refractivity (Wildman–Crippen MR) is 68.9 cm³/mol. The van der Waals surface area contributed by atoms with Gasteiger partial charge in [0.2, 0.25) is 0 Å². The molecule has 0 saturated carbocycles. The second-order valence-corrected chi connectivity index (χ2v) is 3.57. The summed E-state index contributed by atoms with van der Waals surface area (Å²) >= 11 is 4.60. The number of rotatable bonds is 3. The van der Waals surface area contributed by atoms with Gasteiger partial charge in [0.1, 0.15) is 5.69 Å². The average Bonchev–Trinajstić information content (AvgIpc) is 2.78. The smallest absolute Gasteiger partial charge is 0.184 e. The van der Waals surface area contributed by atoms with E-state index >= 15 is 0 Å². The Morgan fingerprint density at radius 1 is 1.41 bits per heavy atom. The van der Waals surface area contributed by atoms with Crippen LogP contribution in [0.3, 0.4) is 0 Å². The lowest BCUT2D eigenvalue weighted by Crippen LogP contribution is -2.24. The quantitative estimate of drug-likeness (QED) is 0.466. The number of para-hydroxylation sites is 1. The minimum atomic E-state index is 0.108. The maximum atomic E-state index is 5.22. The molecular formula is C10H10N6S. The van der Waals surface area contributed by atoms with Gasteiger partial charge in [-0.05, 0) is 24.4 Å². The van der Waals surface area contributed by atoms with Crippen LogP contribution in [-0.2, 0) is 0 Å².